The molecule has 20 heavy (non-hydrogen) atoms. The van der Waals surface area contributed by atoms with Crippen molar-refractivity contribution in [1.82, 2.24) is 0 Å². The predicted molar refractivity (Wildman–Crippen MR) is 82.3 cm³/mol. The molecule has 0 spiro atoms. The number of aromatic hydroxyl groups is 1. The number of hydrogen-bond acceptors (Lipinski definition) is 3. The number of hydrogen-bond donors (Lipinski definition) is 1. The summed E-state index contributed by atoms with van der Waals surface area (Å²) in [5, 5.41) is 10.8. The van der Waals surface area contributed by atoms with Crippen molar-refractivity contribution >= 4 is 38.5 Å². The molecule has 0 bridgehead atoms. The molecule has 3 aromatic rings. The van der Waals surface area contributed by atoms with Crippen LogP contribution in [-0.2, 0) is 0 Å². The van der Waals surface area contributed by atoms with Crippen LogP contribution in [0, 0.1) is 0 Å². The largest absolute Gasteiger partial charge is 0.507 e. The van der Waals surface area contributed by atoms with Crippen LogP contribution in [0.3, 0.4) is 0 Å². The van der Waals surface area contributed by atoms with E-state index < -0.39 is 0 Å². The Labute approximate surface area is 127 Å². The molecule has 1 heterocycles. The first-order chi connectivity index (χ1) is 9.54. The lowest BCUT2D eigenvalue weighted by Crippen LogP contribution is -2.00. The zero-order chi connectivity index (χ0) is 14.3. The third-order valence-corrected chi connectivity index (χ3v) is 3.64. The fourth-order valence-electron chi connectivity index (χ4n) is 1.97. The zero-order valence-electron chi connectivity index (χ0n) is 10.1. The quantitative estimate of drug-likeness (QED) is 0.698. The summed E-state index contributed by atoms with van der Waals surface area (Å²) < 4.78 is 6.48. The normalized spacial score (nSPS) is 10.9. The minimum Gasteiger partial charge on any atom is -0.507 e. The van der Waals surface area contributed by atoms with E-state index in [0.29, 0.717) is 21.6 Å². The molecule has 0 fully saturated rings. The van der Waals surface area contributed by atoms with Gasteiger partial charge in [-0.05, 0) is 36.4 Å². The van der Waals surface area contributed by atoms with Gasteiger partial charge in [0.2, 0.25) is 0 Å². The summed E-state index contributed by atoms with van der Waals surface area (Å²) in [6.07, 6.45) is 0. The molecule has 100 valence electrons. The summed E-state index contributed by atoms with van der Waals surface area (Å²) in [7, 11) is 0. The third-order valence-electron chi connectivity index (χ3n) is 2.91. The van der Waals surface area contributed by atoms with Gasteiger partial charge in [-0.15, -0.1) is 0 Å². The molecular formula is C15H8BrClO3. The second-order valence-corrected chi connectivity index (χ2v) is 5.63. The van der Waals surface area contributed by atoms with Crippen LogP contribution in [-0.4, -0.2) is 5.11 Å². The van der Waals surface area contributed by atoms with Crippen molar-refractivity contribution in [2.45, 2.75) is 0 Å². The van der Waals surface area contributed by atoms with Crippen LogP contribution in [0.25, 0.3) is 22.3 Å². The molecule has 0 amide bonds. The van der Waals surface area contributed by atoms with E-state index >= 15 is 0 Å². The van der Waals surface area contributed by atoms with Crippen LogP contribution in [0.5, 0.6) is 5.75 Å². The molecule has 2 aromatic carbocycles. The summed E-state index contributed by atoms with van der Waals surface area (Å²) in [5.41, 5.74) is 0.663. The maximum atomic E-state index is 12.1. The average Bonchev–Trinajstić information content (AvgIpc) is 2.42. The maximum absolute atomic E-state index is 12.1. The van der Waals surface area contributed by atoms with Gasteiger partial charge < -0.3 is 9.52 Å². The van der Waals surface area contributed by atoms with Crippen molar-refractivity contribution in [2.24, 2.45) is 0 Å². The highest BCUT2D eigenvalue weighted by Gasteiger charge is 2.11. The summed E-state index contributed by atoms with van der Waals surface area (Å²) in [6.45, 7) is 0. The SMILES string of the molecule is O=c1cc(-c2cc(Cl)ccc2O)oc2ccc(Br)cc12. The van der Waals surface area contributed by atoms with Gasteiger partial charge in [0, 0.05) is 15.6 Å². The van der Waals surface area contributed by atoms with Gasteiger partial charge in [-0.3, -0.25) is 4.79 Å². The smallest absolute Gasteiger partial charge is 0.193 e. The maximum Gasteiger partial charge on any atom is 0.193 e. The van der Waals surface area contributed by atoms with Crippen molar-refractivity contribution in [1.29, 1.82) is 0 Å². The van der Waals surface area contributed by atoms with Crippen LogP contribution in [0.4, 0.5) is 0 Å². The van der Waals surface area contributed by atoms with Gasteiger partial charge >= 0.3 is 0 Å². The zero-order valence-corrected chi connectivity index (χ0v) is 12.4. The Morgan fingerprint density at radius 3 is 2.70 bits per heavy atom. The lowest BCUT2D eigenvalue weighted by Gasteiger charge is -2.06. The molecule has 0 aliphatic heterocycles. The molecule has 5 heteroatoms. The van der Waals surface area contributed by atoms with Gasteiger partial charge in [0.1, 0.15) is 17.1 Å². The molecule has 3 rings (SSSR count). The van der Waals surface area contributed by atoms with Gasteiger partial charge in [-0.25, -0.2) is 0 Å². The minimum atomic E-state index is -0.179. The lowest BCUT2D eigenvalue weighted by atomic mass is 10.1. The van der Waals surface area contributed by atoms with E-state index in [4.69, 9.17) is 16.0 Å². The van der Waals surface area contributed by atoms with Crippen LogP contribution >= 0.6 is 27.5 Å². The van der Waals surface area contributed by atoms with Crippen LogP contribution in [0.2, 0.25) is 5.02 Å². The van der Waals surface area contributed by atoms with E-state index in [-0.39, 0.29) is 16.9 Å². The van der Waals surface area contributed by atoms with Gasteiger partial charge in [0.05, 0.1) is 10.9 Å². The number of fused-ring (bicyclic) bond motifs is 1. The van der Waals surface area contributed by atoms with E-state index in [1.807, 2.05) is 0 Å². The van der Waals surface area contributed by atoms with Crippen molar-refractivity contribution < 1.29 is 9.52 Å². The van der Waals surface area contributed by atoms with Gasteiger partial charge in [-0.1, -0.05) is 27.5 Å². The Hall–Kier alpha value is -1.78. The van der Waals surface area contributed by atoms with Gasteiger partial charge in [0.15, 0.2) is 5.43 Å². The number of phenolic OH excluding ortho intramolecular Hbond substituents is 1. The summed E-state index contributed by atoms with van der Waals surface area (Å²) in [5.74, 6) is 0.291. The second kappa shape index (κ2) is 4.96. The minimum absolute atomic E-state index is 0.00834. The number of phenols is 1. The summed E-state index contributed by atoms with van der Waals surface area (Å²) in [4.78, 5) is 12.1. The molecule has 0 atom stereocenters. The molecule has 0 aliphatic rings. The van der Waals surface area contributed by atoms with E-state index in [0.717, 1.165) is 4.47 Å². The third kappa shape index (κ3) is 2.32. The summed E-state index contributed by atoms with van der Waals surface area (Å²) >= 11 is 9.22. The van der Waals surface area contributed by atoms with Crippen molar-refractivity contribution in [3.05, 3.63) is 62.2 Å². The first-order valence-corrected chi connectivity index (χ1v) is 6.94. The number of rotatable bonds is 1. The molecule has 0 saturated carbocycles. The highest BCUT2D eigenvalue weighted by atomic mass is 79.9. The van der Waals surface area contributed by atoms with E-state index in [9.17, 15) is 9.90 Å². The molecular weight excluding hydrogens is 344 g/mol. The van der Waals surface area contributed by atoms with Crippen LogP contribution in [0.1, 0.15) is 0 Å². The van der Waals surface area contributed by atoms with Gasteiger partial charge in [-0.2, -0.15) is 0 Å². The fraction of sp³-hybridized carbons (Fsp3) is 0. The van der Waals surface area contributed by atoms with E-state index in [1.165, 1.54) is 12.1 Å². The summed E-state index contributed by atoms with van der Waals surface area (Å²) in [6, 6.07) is 11.1. The fourth-order valence-corrected chi connectivity index (χ4v) is 2.50. The average molecular weight is 352 g/mol. The molecule has 1 N–H and O–H groups in total. The van der Waals surface area contributed by atoms with Crippen LogP contribution in [0.15, 0.2) is 56.1 Å². The molecule has 1 aromatic heterocycles. The van der Waals surface area contributed by atoms with Crippen LogP contribution < -0.4 is 5.43 Å². The molecule has 3 nitrogen and oxygen atoms in total. The Morgan fingerprint density at radius 2 is 1.90 bits per heavy atom. The topological polar surface area (TPSA) is 50.4 Å². The predicted octanol–water partition coefficient (Wildman–Crippen LogP) is 4.58. The Morgan fingerprint density at radius 1 is 1.10 bits per heavy atom. The number of benzene rings is 2. The Kier molecular flexibility index (Phi) is 3.28. The van der Waals surface area contributed by atoms with Crippen molar-refractivity contribution in [2.75, 3.05) is 0 Å². The molecule has 0 aliphatic carbocycles. The van der Waals surface area contributed by atoms with E-state index in [2.05, 4.69) is 15.9 Å². The second-order valence-electron chi connectivity index (χ2n) is 4.28. The van der Waals surface area contributed by atoms with Crippen molar-refractivity contribution in [3.63, 3.8) is 0 Å². The standard InChI is InChI=1S/C15H8BrClO3/c16-8-1-4-14-10(5-8)13(19)7-15(20-14)11-6-9(17)2-3-12(11)18/h1-7,18H. The van der Waals surface area contributed by atoms with Crippen molar-refractivity contribution in [3.8, 4) is 17.1 Å². The Balaban J connectivity index is 2.30. The molecule has 0 saturated heterocycles. The molecule has 0 unspecified atom stereocenters. The highest BCUT2D eigenvalue weighted by Crippen LogP contribution is 2.32. The van der Waals surface area contributed by atoms with E-state index in [1.54, 1.807) is 30.3 Å². The number of halogens is 2. The first-order valence-electron chi connectivity index (χ1n) is 5.77. The molecule has 0 radical (unpaired) electrons. The lowest BCUT2D eigenvalue weighted by molar-refractivity contribution is 0.474. The van der Waals surface area contributed by atoms with Gasteiger partial charge in [0.25, 0.3) is 0 Å². The Bertz CT molecular complexity index is 871. The highest BCUT2D eigenvalue weighted by molar-refractivity contribution is 9.10. The monoisotopic (exact) mass is 350 g/mol. The first kappa shape index (κ1) is 13.2.